The van der Waals surface area contributed by atoms with Crippen LogP contribution in [0.25, 0.3) is 0 Å². The molecule has 0 bridgehead atoms. The molecule has 1 aromatic rings. The molecule has 2 N–H and O–H groups in total. The number of Topliss-reactive ketones (excluding diaryl/α,β-unsaturated/α-hetero) is 1. The fourth-order valence-corrected chi connectivity index (χ4v) is 3.66. The Morgan fingerprint density at radius 2 is 1.90 bits per heavy atom. The molecule has 0 amide bonds. The SMILES string of the molecule is CC(C)[C@@H]1CC[C@@H](C)C[C@H]1CC(=O)c1ccc(N)cc1. The van der Waals surface area contributed by atoms with Crippen LogP contribution in [-0.2, 0) is 0 Å². The summed E-state index contributed by atoms with van der Waals surface area (Å²) in [6.07, 6.45) is 4.48. The number of nitrogen functional groups attached to an aromatic ring is 1. The number of nitrogens with two attached hydrogens (primary N) is 1. The zero-order valence-electron chi connectivity index (χ0n) is 12.9. The fraction of sp³-hybridized carbons (Fsp3) is 0.611. The van der Waals surface area contributed by atoms with Crippen molar-refractivity contribution in [2.45, 2.75) is 46.5 Å². The van der Waals surface area contributed by atoms with Crippen LogP contribution in [0.15, 0.2) is 24.3 Å². The Hall–Kier alpha value is -1.31. The third-order valence-electron chi connectivity index (χ3n) is 4.84. The number of benzene rings is 1. The molecule has 2 nitrogen and oxygen atoms in total. The number of hydrogen-bond acceptors (Lipinski definition) is 2. The van der Waals surface area contributed by atoms with Gasteiger partial charge in [-0.1, -0.05) is 27.2 Å². The Balaban J connectivity index is 2.05. The van der Waals surface area contributed by atoms with Gasteiger partial charge in [0.15, 0.2) is 5.78 Å². The largest absolute Gasteiger partial charge is 0.399 e. The molecule has 0 aromatic heterocycles. The van der Waals surface area contributed by atoms with Crippen molar-refractivity contribution >= 4 is 11.5 Å². The standard InChI is InChI=1S/C18H27NO/c1-12(2)17-9-4-13(3)10-15(17)11-18(20)14-5-7-16(19)8-6-14/h5-8,12-13,15,17H,4,9-11,19H2,1-3H3/t13-,15+,17+/m1/s1. The molecule has 3 atom stereocenters. The van der Waals surface area contributed by atoms with Crippen molar-refractivity contribution < 1.29 is 4.79 Å². The highest BCUT2D eigenvalue weighted by molar-refractivity contribution is 5.96. The lowest BCUT2D eigenvalue weighted by atomic mass is 9.68. The number of anilines is 1. The first-order valence-corrected chi connectivity index (χ1v) is 7.86. The lowest BCUT2D eigenvalue weighted by Crippen LogP contribution is -2.29. The van der Waals surface area contributed by atoms with E-state index < -0.39 is 0 Å². The highest BCUT2D eigenvalue weighted by Crippen LogP contribution is 2.40. The Labute approximate surface area is 122 Å². The Morgan fingerprint density at radius 1 is 1.25 bits per heavy atom. The van der Waals surface area contributed by atoms with E-state index in [9.17, 15) is 4.79 Å². The predicted molar refractivity (Wildman–Crippen MR) is 84.6 cm³/mol. The molecule has 1 aliphatic rings. The second kappa shape index (κ2) is 6.43. The molecule has 110 valence electrons. The Morgan fingerprint density at radius 3 is 2.50 bits per heavy atom. The topological polar surface area (TPSA) is 43.1 Å². The van der Waals surface area contributed by atoms with E-state index in [2.05, 4.69) is 20.8 Å². The molecule has 2 heteroatoms. The number of carbonyl (C=O) groups excluding carboxylic acids is 1. The first-order chi connectivity index (χ1) is 9.47. The summed E-state index contributed by atoms with van der Waals surface area (Å²) in [7, 11) is 0. The second-order valence-corrected chi connectivity index (χ2v) is 6.84. The van der Waals surface area contributed by atoms with Crippen molar-refractivity contribution in [3.8, 4) is 0 Å². The summed E-state index contributed by atoms with van der Waals surface area (Å²) in [5, 5.41) is 0. The summed E-state index contributed by atoms with van der Waals surface area (Å²) in [5.41, 5.74) is 7.20. The van der Waals surface area contributed by atoms with Crippen LogP contribution in [0.4, 0.5) is 5.69 Å². The highest BCUT2D eigenvalue weighted by Gasteiger charge is 2.32. The maximum atomic E-state index is 12.5. The molecule has 0 spiro atoms. The molecule has 0 aliphatic heterocycles. The molecule has 2 rings (SSSR count). The number of ketones is 1. The zero-order valence-corrected chi connectivity index (χ0v) is 12.9. The van der Waals surface area contributed by atoms with E-state index in [-0.39, 0.29) is 5.78 Å². The van der Waals surface area contributed by atoms with Gasteiger partial charge in [0.25, 0.3) is 0 Å². The molecular weight excluding hydrogens is 246 g/mol. The van der Waals surface area contributed by atoms with Crippen LogP contribution in [0, 0.1) is 23.7 Å². The van der Waals surface area contributed by atoms with E-state index in [0.717, 1.165) is 11.5 Å². The van der Waals surface area contributed by atoms with E-state index in [1.54, 1.807) is 0 Å². The molecule has 0 radical (unpaired) electrons. The average Bonchev–Trinajstić information content (AvgIpc) is 2.39. The van der Waals surface area contributed by atoms with Gasteiger partial charge in [-0.05, 0) is 60.8 Å². The summed E-state index contributed by atoms with van der Waals surface area (Å²) >= 11 is 0. The summed E-state index contributed by atoms with van der Waals surface area (Å²) in [6.45, 7) is 6.90. The van der Waals surface area contributed by atoms with Crippen LogP contribution in [0.5, 0.6) is 0 Å². The minimum atomic E-state index is 0.273. The van der Waals surface area contributed by atoms with E-state index in [0.29, 0.717) is 29.9 Å². The maximum Gasteiger partial charge on any atom is 0.163 e. The van der Waals surface area contributed by atoms with Gasteiger partial charge in [-0.25, -0.2) is 0 Å². The molecule has 1 aliphatic carbocycles. The molecule has 0 unspecified atom stereocenters. The van der Waals surface area contributed by atoms with Gasteiger partial charge in [0.05, 0.1) is 0 Å². The molecule has 0 saturated heterocycles. The predicted octanol–water partition coefficient (Wildman–Crippen LogP) is 4.55. The molecular formula is C18H27NO. The highest BCUT2D eigenvalue weighted by atomic mass is 16.1. The molecule has 20 heavy (non-hydrogen) atoms. The third kappa shape index (κ3) is 3.62. The monoisotopic (exact) mass is 273 g/mol. The fourth-order valence-electron chi connectivity index (χ4n) is 3.66. The van der Waals surface area contributed by atoms with Crippen molar-refractivity contribution in [1.29, 1.82) is 0 Å². The molecule has 1 saturated carbocycles. The van der Waals surface area contributed by atoms with Gasteiger partial charge in [0.1, 0.15) is 0 Å². The van der Waals surface area contributed by atoms with Gasteiger partial charge in [0.2, 0.25) is 0 Å². The summed E-state index contributed by atoms with van der Waals surface area (Å²) in [4.78, 5) is 12.5. The van der Waals surface area contributed by atoms with Crippen molar-refractivity contribution in [1.82, 2.24) is 0 Å². The van der Waals surface area contributed by atoms with E-state index in [1.165, 1.54) is 19.3 Å². The van der Waals surface area contributed by atoms with Gasteiger partial charge in [-0.2, -0.15) is 0 Å². The van der Waals surface area contributed by atoms with Gasteiger partial charge >= 0.3 is 0 Å². The third-order valence-corrected chi connectivity index (χ3v) is 4.84. The first-order valence-electron chi connectivity index (χ1n) is 7.86. The smallest absolute Gasteiger partial charge is 0.163 e. The van der Waals surface area contributed by atoms with E-state index in [4.69, 9.17) is 5.73 Å². The van der Waals surface area contributed by atoms with Crippen molar-refractivity contribution in [2.75, 3.05) is 5.73 Å². The van der Waals surface area contributed by atoms with Crippen LogP contribution in [-0.4, -0.2) is 5.78 Å². The maximum absolute atomic E-state index is 12.5. The van der Waals surface area contributed by atoms with Crippen LogP contribution in [0.3, 0.4) is 0 Å². The molecule has 1 aromatic carbocycles. The number of hydrogen-bond donors (Lipinski definition) is 1. The van der Waals surface area contributed by atoms with Crippen LogP contribution < -0.4 is 5.73 Å². The van der Waals surface area contributed by atoms with Crippen LogP contribution in [0.1, 0.15) is 56.8 Å². The van der Waals surface area contributed by atoms with Crippen LogP contribution in [0.2, 0.25) is 0 Å². The Bertz CT molecular complexity index is 449. The van der Waals surface area contributed by atoms with E-state index >= 15 is 0 Å². The average molecular weight is 273 g/mol. The normalized spacial score (nSPS) is 26.7. The van der Waals surface area contributed by atoms with Gasteiger partial charge in [-0.3, -0.25) is 4.79 Å². The van der Waals surface area contributed by atoms with Crippen LogP contribution >= 0.6 is 0 Å². The van der Waals surface area contributed by atoms with Crippen molar-refractivity contribution in [3.63, 3.8) is 0 Å². The van der Waals surface area contributed by atoms with Gasteiger partial charge in [-0.15, -0.1) is 0 Å². The van der Waals surface area contributed by atoms with Crippen molar-refractivity contribution in [3.05, 3.63) is 29.8 Å². The minimum Gasteiger partial charge on any atom is -0.399 e. The summed E-state index contributed by atoms with van der Waals surface area (Å²) in [6, 6.07) is 7.34. The Kier molecular flexibility index (Phi) is 4.85. The summed E-state index contributed by atoms with van der Waals surface area (Å²) < 4.78 is 0. The van der Waals surface area contributed by atoms with E-state index in [1.807, 2.05) is 24.3 Å². The van der Waals surface area contributed by atoms with Crippen molar-refractivity contribution in [2.24, 2.45) is 23.7 Å². The first kappa shape index (κ1) is 15.1. The quantitative estimate of drug-likeness (QED) is 0.646. The van der Waals surface area contributed by atoms with Gasteiger partial charge < -0.3 is 5.73 Å². The molecule has 1 fully saturated rings. The molecule has 0 heterocycles. The number of carbonyl (C=O) groups is 1. The second-order valence-electron chi connectivity index (χ2n) is 6.84. The zero-order chi connectivity index (χ0) is 14.7. The lowest BCUT2D eigenvalue weighted by molar-refractivity contribution is 0.0855. The lowest BCUT2D eigenvalue weighted by Gasteiger charge is -2.37. The minimum absolute atomic E-state index is 0.273. The van der Waals surface area contributed by atoms with Gasteiger partial charge in [0, 0.05) is 17.7 Å². The number of rotatable bonds is 4. The summed E-state index contributed by atoms with van der Waals surface area (Å²) in [5.74, 6) is 2.95.